The van der Waals surface area contributed by atoms with Gasteiger partial charge >= 0.3 is 5.97 Å². The Hall–Kier alpha value is -3.02. The summed E-state index contributed by atoms with van der Waals surface area (Å²) >= 11 is 0. The first-order valence-corrected chi connectivity index (χ1v) is 6.94. The Kier molecular flexibility index (Phi) is 3.65. The van der Waals surface area contributed by atoms with Crippen LogP contribution in [-0.4, -0.2) is 25.2 Å². The smallest absolute Gasteiger partial charge is 0.349 e. The lowest BCUT2D eigenvalue weighted by Crippen LogP contribution is -2.16. The number of fused-ring (bicyclic) bond motifs is 1. The van der Waals surface area contributed by atoms with Crippen molar-refractivity contribution in [1.82, 2.24) is 4.98 Å². The van der Waals surface area contributed by atoms with Crippen LogP contribution in [0.1, 0.15) is 27.2 Å². The van der Waals surface area contributed by atoms with Gasteiger partial charge in [0.05, 0.1) is 14.2 Å². The van der Waals surface area contributed by atoms with Gasteiger partial charge in [0.2, 0.25) is 0 Å². The van der Waals surface area contributed by atoms with Crippen molar-refractivity contribution in [1.29, 1.82) is 0 Å². The minimum absolute atomic E-state index is 0.0173. The van der Waals surface area contributed by atoms with Gasteiger partial charge in [-0.2, -0.15) is 0 Å². The van der Waals surface area contributed by atoms with Crippen molar-refractivity contribution < 1.29 is 19.0 Å². The highest BCUT2D eigenvalue weighted by atomic mass is 16.5. The number of carbonyl (C=O) groups excluding carboxylic acids is 1. The van der Waals surface area contributed by atoms with E-state index in [1.54, 1.807) is 44.4 Å². The molecule has 0 spiro atoms. The molecule has 1 aromatic heterocycles. The summed E-state index contributed by atoms with van der Waals surface area (Å²) in [5.41, 5.74) is 1.37. The zero-order valence-corrected chi connectivity index (χ0v) is 12.9. The van der Waals surface area contributed by atoms with E-state index < -0.39 is 11.5 Å². The van der Waals surface area contributed by atoms with Crippen LogP contribution in [0.25, 0.3) is 11.8 Å². The predicted molar refractivity (Wildman–Crippen MR) is 84.6 cm³/mol. The molecule has 1 aromatic carbocycles. The van der Waals surface area contributed by atoms with Crippen LogP contribution in [0.5, 0.6) is 11.5 Å². The molecule has 0 fully saturated rings. The SMILES string of the molecule is COc1cccc(C=C2OC(=O)c3c2cc(C)[nH]c3=O)c1OC. The maximum atomic E-state index is 11.9. The Labute approximate surface area is 132 Å². The van der Waals surface area contributed by atoms with Crippen LogP contribution in [0.3, 0.4) is 0 Å². The average Bonchev–Trinajstić information content (AvgIpc) is 2.83. The molecular formula is C17H15NO5. The summed E-state index contributed by atoms with van der Waals surface area (Å²) in [6.45, 7) is 1.74. The number of aromatic amines is 1. The van der Waals surface area contributed by atoms with E-state index in [-0.39, 0.29) is 5.56 Å². The Morgan fingerprint density at radius 1 is 1.17 bits per heavy atom. The Bertz CT molecular complexity index is 879. The number of esters is 1. The van der Waals surface area contributed by atoms with E-state index in [0.29, 0.717) is 34.1 Å². The van der Waals surface area contributed by atoms with Crippen molar-refractivity contribution in [2.24, 2.45) is 0 Å². The molecule has 1 aliphatic rings. The van der Waals surface area contributed by atoms with Gasteiger partial charge in [-0.05, 0) is 25.1 Å². The third kappa shape index (κ3) is 2.48. The van der Waals surface area contributed by atoms with Gasteiger partial charge in [0, 0.05) is 16.8 Å². The third-order valence-corrected chi connectivity index (χ3v) is 3.56. The molecule has 0 aliphatic carbocycles. The zero-order valence-electron chi connectivity index (χ0n) is 12.9. The molecule has 1 N–H and O–H groups in total. The lowest BCUT2D eigenvalue weighted by molar-refractivity contribution is 0.0715. The molecule has 6 heteroatoms. The first kappa shape index (κ1) is 14.9. The van der Waals surface area contributed by atoms with Gasteiger partial charge in [0.25, 0.3) is 5.56 Å². The van der Waals surface area contributed by atoms with Gasteiger partial charge < -0.3 is 19.2 Å². The molecule has 0 radical (unpaired) electrons. The molecule has 0 amide bonds. The van der Waals surface area contributed by atoms with E-state index in [9.17, 15) is 9.59 Å². The number of para-hydroxylation sites is 1. The maximum absolute atomic E-state index is 11.9. The van der Waals surface area contributed by atoms with E-state index in [2.05, 4.69) is 4.98 Å². The molecule has 2 heterocycles. The summed E-state index contributed by atoms with van der Waals surface area (Å²) in [5, 5.41) is 0. The summed E-state index contributed by atoms with van der Waals surface area (Å²) in [4.78, 5) is 26.5. The van der Waals surface area contributed by atoms with Crippen LogP contribution in [0.15, 0.2) is 29.1 Å². The van der Waals surface area contributed by atoms with Gasteiger partial charge in [-0.25, -0.2) is 4.79 Å². The monoisotopic (exact) mass is 313 g/mol. The average molecular weight is 313 g/mol. The van der Waals surface area contributed by atoms with Crippen molar-refractivity contribution >= 4 is 17.8 Å². The largest absolute Gasteiger partial charge is 0.493 e. The van der Waals surface area contributed by atoms with Crippen LogP contribution in [0.2, 0.25) is 0 Å². The first-order chi connectivity index (χ1) is 11.0. The van der Waals surface area contributed by atoms with Crippen LogP contribution >= 0.6 is 0 Å². The number of methoxy groups -OCH3 is 2. The molecule has 23 heavy (non-hydrogen) atoms. The number of aromatic nitrogens is 1. The van der Waals surface area contributed by atoms with E-state index in [1.807, 2.05) is 0 Å². The molecule has 0 saturated carbocycles. The summed E-state index contributed by atoms with van der Waals surface area (Å²) in [5.74, 6) is 0.738. The van der Waals surface area contributed by atoms with Crippen molar-refractivity contribution in [3.63, 3.8) is 0 Å². The van der Waals surface area contributed by atoms with Crippen molar-refractivity contribution in [3.05, 3.63) is 57.0 Å². The third-order valence-electron chi connectivity index (χ3n) is 3.56. The number of H-pyrrole nitrogens is 1. The van der Waals surface area contributed by atoms with Gasteiger partial charge in [-0.3, -0.25) is 4.79 Å². The number of cyclic esters (lactones) is 1. The van der Waals surface area contributed by atoms with Crippen LogP contribution in [0, 0.1) is 6.92 Å². The second-order valence-corrected chi connectivity index (χ2v) is 5.05. The summed E-state index contributed by atoms with van der Waals surface area (Å²) in [6, 6.07) is 7.08. The van der Waals surface area contributed by atoms with Gasteiger partial charge in [-0.1, -0.05) is 12.1 Å². The molecule has 0 atom stereocenters. The molecule has 0 unspecified atom stereocenters. The highest BCUT2D eigenvalue weighted by molar-refractivity contribution is 6.05. The normalized spacial score (nSPS) is 14.6. The Morgan fingerprint density at radius 2 is 1.96 bits per heavy atom. The number of nitrogens with one attached hydrogen (secondary N) is 1. The Morgan fingerprint density at radius 3 is 2.65 bits per heavy atom. The molecule has 3 rings (SSSR count). The van der Waals surface area contributed by atoms with Crippen LogP contribution in [0.4, 0.5) is 0 Å². The van der Waals surface area contributed by atoms with Gasteiger partial charge in [0.15, 0.2) is 11.5 Å². The summed E-state index contributed by atoms with van der Waals surface area (Å²) in [6.07, 6.45) is 1.66. The lowest BCUT2D eigenvalue weighted by Gasteiger charge is -2.10. The minimum Gasteiger partial charge on any atom is -0.493 e. The van der Waals surface area contributed by atoms with E-state index >= 15 is 0 Å². The molecule has 6 nitrogen and oxygen atoms in total. The molecule has 0 bridgehead atoms. The number of pyridine rings is 1. The number of carbonyl (C=O) groups is 1. The summed E-state index contributed by atoms with van der Waals surface area (Å²) < 4.78 is 15.9. The van der Waals surface area contributed by atoms with E-state index in [0.717, 1.165) is 0 Å². The second kappa shape index (κ2) is 5.64. The number of rotatable bonds is 3. The van der Waals surface area contributed by atoms with Crippen molar-refractivity contribution in [2.45, 2.75) is 6.92 Å². The number of benzene rings is 1. The molecule has 2 aromatic rings. The topological polar surface area (TPSA) is 77.6 Å². The fourth-order valence-corrected chi connectivity index (χ4v) is 2.57. The standard InChI is InChI=1S/C17H15NO5/c1-9-7-11-13(23-17(20)14(11)16(19)18-9)8-10-5-4-6-12(21-2)15(10)22-3/h4-8H,1-3H3,(H,18,19). The van der Waals surface area contributed by atoms with E-state index in [4.69, 9.17) is 14.2 Å². The number of hydrogen-bond donors (Lipinski definition) is 1. The number of ether oxygens (including phenoxy) is 3. The van der Waals surface area contributed by atoms with Crippen molar-refractivity contribution in [2.75, 3.05) is 14.2 Å². The molecule has 0 saturated heterocycles. The molecular weight excluding hydrogens is 298 g/mol. The van der Waals surface area contributed by atoms with Crippen molar-refractivity contribution in [3.8, 4) is 11.5 Å². The van der Waals surface area contributed by atoms with Crippen LogP contribution < -0.4 is 15.0 Å². The maximum Gasteiger partial charge on any atom is 0.349 e. The summed E-state index contributed by atoms with van der Waals surface area (Å²) in [7, 11) is 3.08. The molecule has 118 valence electrons. The predicted octanol–water partition coefficient (Wildman–Crippen LogP) is 2.37. The highest BCUT2D eigenvalue weighted by Gasteiger charge is 2.30. The van der Waals surface area contributed by atoms with Crippen LogP contribution in [-0.2, 0) is 4.74 Å². The van der Waals surface area contributed by atoms with E-state index in [1.165, 1.54) is 7.11 Å². The first-order valence-electron chi connectivity index (χ1n) is 6.94. The second-order valence-electron chi connectivity index (χ2n) is 5.05. The fraction of sp³-hybridized carbons (Fsp3) is 0.176. The van der Waals surface area contributed by atoms with Gasteiger partial charge in [0.1, 0.15) is 11.3 Å². The quantitative estimate of drug-likeness (QED) is 0.880. The Balaban J connectivity index is 2.18. The lowest BCUT2D eigenvalue weighted by atomic mass is 10.1. The van der Waals surface area contributed by atoms with Gasteiger partial charge in [-0.15, -0.1) is 0 Å². The molecule has 1 aliphatic heterocycles. The highest BCUT2D eigenvalue weighted by Crippen LogP contribution is 2.36. The zero-order chi connectivity index (χ0) is 16.6. The number of aryl methyl sites for hydroxylation is 1. The number of hydrogen-bond acceptors (Lipinski definition) is 5. The fourth-order valence-electron chi connectivity index (χ4n) is 2.57. The minimum atomic E-state index is -0.658.